The molecule has 1 aromatic carbocycles. The summed E-state index contributed by atoms with van der Waals surface area (Å²) in [6.07, 6.45) is 2.96. The number of pyridine rings is 1. The molecule has 87 heavy (non-hydrogen) atoms. The second-order valence-electron chi connectivity index (χ2n) is 23.0. The standard InChI is InChI=1S/C63H92N4O20/c1-8-17-76-19-21-78-23-25-80-27-29-82-31-32-83-30-28-81-26-24-79-22-20-77-18-15-42(68)33-43(41(3)4)59(72)67-51(12-10-11-16-64-61(74)87-62(5,6)7)53(69)13-14-56(70)65-38-48-44-36-54-55(86-40-85-54)37-52(44)66-57-45(48)34-47-46(57)35-50-49(58(47)71)39-84-60(73)63(50,75)9-2/h35-37,41,43,47,51,75H,8-34,38-40H2,1-7H3,(H,64,74)(H,65,70)(H,67,72)/t43-,47?,51-,63-/m0/s1. The summed E-state index contributed by atoms with van der Waals surface area (Å²) in [6, 6.07) is 2.51. The van der Waals surface area contributed by atoms with Crippen LogP contribution in [0.5, 0.6) is 11.5 Å². The van der Waals surface area contributed by atoms with Gasteiger partial charge in [-0.2, -0.15) is 0 Å². The molecule has 4 atom stereocenters. The van der Waals surface area contributed by atoms with E-state index in [4.69, 9.17) is 61.8 Å². The van der Waals surface area contributed by atoms with E-state index in [9.17, 15) is 38.7 Å². The van der Waals surface area contributed by atoms with Gasteiger partial charge in [-0.05, 0) is 94.1 Å². The molecule has 0 saturated heterocycles. The van der Waals surface area contributed by atoms with Crippen molar-refractivity contribution in [2.45, 2.75) is 136 Å². The van der Waals surface area contributed by atoms with E-state index in [1.54, 1.807) is 45.9 Å². The fourth-order valence-electron chi connectivity index (χ4n) is 10.3. The molecule has 3 amide bonds. The van der Waals surface area contributed by atoms with Crippen LogP contribution in [0.4, 0.5) is 4.79 Å². The van der Waals surface area contributed by atoms with Gasteiger partial charge in [-0.25, -0.2) is 14.6 Å². The topological polar surface area (TPSA) is 299 Å². The van der Waals surface area contributed by atoms with Gasteiger partial charge in [-0.15, -0.1) is 0 Å². The minimum absolute atomic E-state index is 0.00525. The maximum absolute atomic E-state index is 14.1. The summed E-state index contributed by atoms with van der Waals surface area (Å²) in [6.45, 7) is 19.6. The molecule has 0 fully saturated rings. The van der Waals surface area contributed by atoms with E-state index < -0.39 is 53.0 Å². The third-order valence-electron chi connectivity index (χ3n) is 15.1. The molecular formula is C63H92N4O20. The lowest BCUT2D eigenvalue weighted by molar-refractivity contribution is -0.163. The molecule has 4 N–H and O–H groups in total. The minimum Gasteiger partial charge on any atom is -0.458 e. The maximum Gasteiger partial charge on any atom is 0.407 e. The molecule has 484 valence electrons. The molecule has 0 spiro atoms. The van der Waals surface area contributed by atoms with Crippen molar-refractivity contribution >= 4 is 57.7 Å². The summed E-state index contributed by atoms with van der Waals surface area (Å²) >= 11 is 0. The number of ketones is 3. The number of cyclic esters (lactones) is 1. The number of Topliss-reactive ketones (excluding diaryl/α,β-unsaturated/α-hetero) is 3. The number of rotatable bonds is 43. The van der Waals surface area contributed by atoms with E-state index in [2.05, 4.69) is 22.9 Å². The fraction of sp³-hybridized carbons (Fsp3) is 0.683. The number of esters is 1. The average Bonchev–Trinajstić information content (AvgIpc) is 1.65. The number of benzene rings is 1. The summed E-state index contributed by atoms with van der Waals surface area (Å²) in [5, 5.41) is 20.7. The number of nitrogens with one attached hydrogen (secondary N) is 3. The molecule has 1 unspecified atom stereocenters. The Morgan fingerprint density at radius 1 is 0.736 bits per heavy atom. The van der Waals surface area contributed by atoms with Crippen LogP contribution in [0.25, 0.3) is 16.5 Å². The van der Waals surface area contributed by atoms with Crippen molar-refractivity contribution in [1.29, 1.82) is 0 Å². The van der Waals surface area contributed by atoms with Crippen molar-refractivity contribution < 1.29 is 95.5 Å². The van der Waals surface area contributed by atoms with Crippen LogP contribution in [-0.2, 0) is 89.1 Å². The molecule has 2 aliphatic heterocycles. The number of hydrogen-bond acceptors (Lipinski definition) is 21. The second kappa shape index (κ2) is 35.9. The van der Waals surface area contributed by atoms with Crippen LogP contribution in [0.1, 0.15) is 123 Å². The third-order valence-corrected chi connectivity index (χ3v) is 15.1. The molecule has 2 aromatic rings. The van der Waals surface area contributed by atoms with Crippen LogP contribution in [0.15, 0.2) is 29.4 Å². The minimum atomic E-state index is -2.00. The van der Waals surface area contributed by atoms with Gasteiger partial charge in [-0.1, -0.05) is 27.7 Å². The normalized spacial score (nSPS) is 17.6. The zero-order valence-corrected chi connectivity index (χ0v) is 51.9. The van der Waals surface area contributed by atoms with E-state index in [1.165, 1.54) is 0 Å². The van der Waals surface area contributed by atoms with Crippen molar-refractivity contribution in [2.75, 3.05) is 126 Å². The van der Waals surface area contributed by atoms with Crippen LogP contribution in [0.3, 0.4) is 0 Å². The van der Waals surface area contributed by atoms with E-state index in [0.29, 0.717) is 144 Å². The van der Waals surface area contributed by atoms with Crippen molar-refractivity contribution in [3.8, 4) is 11.5 Å². The Labute approximate surface area is 510 Å². The number of fused-ring (bicyclic) bond motifs is 5. The van der Waals surface area contributed by atoms with Crippen molar-refractivity contribution in [2.24, 2.45) is 17.8 Å². The Kier molecular flexibility index (Phi) is 28.9. The van der Waals surface area contributed by atoms with Crippen LogP contribution in [-0.4, -0.2) is 194 Å². The van der Waals surface area contributed by atoms with Gasteiger partial charge in [0.15, 0.2) is 28.7 Å². The summed E-state index contributed by atoms with van der Waals surface area (Å²) in [5.41, 5.74) is 0.670. The van der Waals surface area contributed by atoms with E-state index in [-0.39, 0.29) is 119 Å². The van der Waals surface area contributed by atoms with E-state index in [1.807, 2.05) is 13.8 Å². The van der Waals surface area contributed by atoms with E-state index >= 15 is 0 Å². The van der Waals surface area contributed by atoms with E-state index in [0.717, 1.165) is 13.0 Å². The van der Waals surface area contributed by atoms with Crippen LogP contribution < -0.4 is 25.4 Å². The van der Waals surface area contributed by atoms with Gasteiger partial charge in [0.25, 0.3) is 0 Å². The molecule has 0 bridgehead atoms. The number of alkyl carbamates (subject to hydrolysis) is 1. The Bertz CT molecular complexity index is 2700. The fourth-order valence-corrected chi connectivity index (χ4v) is 10.3. The highest BCUT2D eigenvalue weighted by atomic mass is 16.7. The molecule has 0 saturated carbocycles. The molecule has 1 aromatic heterocycles. The molecule has 24 nitrogen and oxygen atoms in total. The summed E-state index contributed by atoms with van der Waals surface area (Å²) in [7, 11) is 0. The third kappa shape index (κ3) is 21.7. The monoisotopic (exact) mass is 1220 g/mol. The lowest BCUT2D eigenvalue weighted by Crippen LogP contribution is -2.48. The summed E-state index contributed by atoms with van der Waals surface area (Å²) in [4.78, 5) is 99.4. The maximum atomic E-state index is 14.1. The Morgan fingerprint density at radius 3 is 1.87 bits per heavy atom. The van der Waals surface area contributed by atoms with Crippen molar-refractivity contribution in [1.82, 2.24) is 20.9 Å². The highest BCUT2D eigenvalue weighted by Gasteiger charge is 2.50. The Balaban J connectivity index is 0.938. The highest BCUT2D eigenvalue weighted by molar-refractivity contribution is 6.12. The molecule has 0 radical (unpaired) electrons. The van der Waals surface area contributed by atoms with Gasteiger partial charge in [0.2, 0.25) is 18.6 Å². The number of amides is 3. The molecule has 3 heterocycles. The Hall–Kier alpha value is -5.96. The zero-order valence-electron chi connectivity index (χ0n) is 51.9. The average molecular weight is 1230 g/mol. The summed E-state index contributed by atoms with van der Waals surface area (Å²) < 4.78 is 66.1. The molecule has 6 rings (SSSR count). The number of allylic oxidation sites excluding steroid dienone is 1. The number of aromatic nitrogens is 1. The first-order valence-electron chi connectivity index (χ1n) is 30.7. The van der Waals surface area contributed by atoms with Crippen LogP contribution in [0, 0.1) is 17.8 Å². The molecule has 24 heteroatoms. The van der Waals surface area contributed by atoms with Crippen molar-refractivity contribution in [3.63, 3.8) is 0 Å². The van der Waals surface area contributed by atoms with Crippen LogP contribution >= 0.6 is 0 Å². The molecule has 4 aliphatic rings. The van der Waals surface area contributed by atoms with Gasteiger partial charge in [0, 0.05) is 73.9 Å². The number of carbonyl (C=O) groups excluding carboxylic acids is 7. The zero-order chi connectivity index (χ0) is 62.8. The van der Waals surface area contributed by atoms with Crippen LogP contribution in [0.2, 0.25) is 0 Å². The van der Waals surface area contributed by atoms with Gasteiger partial charge in [0.05, 0.1) is 122 Å². The lowest BCUT2D eigenvalue weighted by Gasteiger charge is -2.35. The second-order valence-corrected chi connectivity index (χ2v) is 23.0. The SMILES string of the molecule is CCCOCCOCCOCCOCCOCCOCCOCCOCCC(=O)C[C@H](C(=O)N[C@@H](CCCCNC(=O)OC(C)(C)C)C(=O)CCC(=O)NCc1c2c(nc3cc4c(cc13)OCO4)C1=CC3=C(COC(=O)[C@]3(O)CC)C(=O)C1C2)C(C)C. The number of unbranched alkanes of at least 4 members (excludes halogenated alkanes) is 1. The first kappa shape index (κ1) is 70.1. The van der Waals surface area contributed by atoms with Gasteiger partial charge < -0.3 is 77.9 Å². The highest BCUT2D eigenvalue weighted by Crippen LogP contribution is 2.49. The predicted octanol–water partition coefficient (Wildman–Crippen LogP) is 5.41. The number of hydrogen-bond donors (Lipinski definition) is 4. The smallest absolute Gasteiger partial charge is 0.407 e. The molecule has 2 aliphatic carbocycles. The largest absolute Gasteiger partial charge is 0.458 e. The number of carbonyl (C=O) groups is 7. The lowest BCUT2D eigenvalue weighted by atomic mass is 9.75. The number of ether oxygens (including phenoxy) is 12. The van der Waals surface area contributed by atoms with Crippen molar-refractivity contribution in [3.05, 3.63) is 46.2 Å². The Morgan fingerprint density at radius 2 is 1.31 bits per heavy atom. The number of nitrogens with zero attached hydrogens (tertiary/aromatic N) is 1. The quantitative estimate of drug-likeness (QED) is 0.0477. The first-order valence-corrected chi connectivity index (χ1v) is 30.7. The van der Waals surface area contributed by atoms with Gasteiger partial charge in [-0.3, -0.25) is 24.0 Å². The molecular weight excluding hydrogens is 1130 g/mol. The predicted molar refractivity (Wildman–Crippen MR) is 317 cm³/mol. The first-order chi connectivity index (χ1) is 41.8. The van der Waals surface area contributed by atoms with Gasteiger partial charge in [0.1, 0.15) is 18.0 Å². The summed E-state index contributed by atoms with van der Waals surface area (Å²) in [5.74, 6) is -3.32. The number of aliphatic hydroxyl groups is 1. The van der Waals surface area contributed by atoms with Gasteiger partial charge >= 0.3 is 12.1 Å².